The molecule has 0 unspecified atom stereocenters. The number of hydrogen-bond acceptors (Lipinski definition) is 3. The summed E-state index contributed by atoms with van der Waals surface area (Å²) in [6.07, 6.45) is -1.60. The maximum absolute atomic E-state index is 12.5. The van der Waals surface area contributed by atoms with Crippen molar-refractivity contribution in [1.29, 1.82) is 0 Å². The summed E-state index contributed by atoms with van der Waals surface area (Å²) in [6, 6.07) is 5.13. The van der Waals surface area contributed by atoms with E-state index in [0.717, 1.165) is 38.9 Å². The van der Waals surface area contributed by atoms with Gasteiger partial charge in [-0.1, -0.05) is 0 Å². The molecule has 3 rings (SSSR count). The van der Waals surface area contributed by atoms with Crippen LogP contribution in [0.3, 0.4) is 0 Å². The average Bonchev–Trinajstić information content (AvgIpc) is 2.90. The predicted molar refractivity (Wildman–Crippen MR) is 85.4 cm³/mol. The van der Waals surface area contributed by atoms with Crippen LogP contribution in [0.15, 0.2) is 24.3 Å². The lowest BCUT2D eigenvalue weighted by molar-refractivity contribution is -0.274. The van der Waals surface area contributed by atoms with E-state index in [1.165, 1.54) is 24.3 Å². The molecule has 0 aromatic heterocycles. The highest BCUT2D eigenvalue weighted by atomic mass is 35.5. The molecule has 1 aromatic carbocycles. The lowest BCUT2D eigenvalue weighted by Crippen LogP contribution is -2.39. The molecule has 0 radical (unpaired) electrons. The minimum atomic E-state index is -4.72. The van der Waals surface area contributed by atoms with Crippen LogP contribution in [0, 0.1) is 5.41 Å². The van der Waals surface area contributed by atoms with Crippen LogP contribution in [0.2, 0.25) is 0 Å². The zero-order valence-corrected chi connectivity index (χ0v) is 13.9. The zero-order valence-electron chi connectivity index (χ0n) is 13.1. The van der Waals surface area contributed by atoms with E-state index in [-0.39, 0.29) is 29.5 Å². The van der Waals surface area contributed by atoms with Gasteiger partial charge in [0.05, 0.1) is 0 Å². The van der Waals surface area contributed by atoms with E-state index in [9.17, 15) is 18.0 Å². The minimum Gasteiger partial charge on any atom is -0.406 e. The Hall–Kier alpha value is -1.47. The molecule has 2 aliphatic rings. The lowest BCUT2D eigenvalue weighted by Gasteiger charge is -2.33. The molecule has 4 nitrogen and oxygen atoms in total. The molecule has 2 fully saturated rings. The number of carbonyl (C=O) groups excluding carboxylic acids is 1. The number of halogens is 4. The summed E-state index contributed by atoms with van der Waals surface area (Å²) in [4.78, 5) is 14.3. The Balaban J connectivity index is 0.00000208. The van der Waals surface area contributed by atoms with Gasteiger partial charge in [0.25, 0.3) is 5.91 Å². The molecular weight excluding hydrogens is 345 g/mol. The number of piperidine rings is 1. The molecule has 8 heteroatoms. The number of carbonyl (C=O) groups is 1. The molecule has 0 aliphatic carbocycles. The fraction of sp³-hybridized carbons (Fsp3) is 0.562. The van der Waals surface area contributed by atoms with E-state index in [0.29, 0.717) is 12.1 Å². The second-order valence-corrected chi connectivity index (χ2v) is 6.30. The van der Waals surface area contributed by atoms with E-state index in [1.54, 1.807) is 0 Å². The number of rotatable bonds is 2. The first kappa shape index (κ1) is 18.9. The normalized spacial score (nSPS) is 19.9. The summed E-state index contributed by atoms with van der Waals surface area (Å²) in [7, 11) is 0. The Morgan fingerprint density at radius 1 is 1.12 bits per heavy atom. The van der Waals surface area contributed by atoms with Crippen molar-refractivity contribution in [2.45, 2.75) is 25.6 Å². The molecule has 1 amide bonds. The summed E-state index contributed by atoms with van der Waals surface area (Å²) in [5.74, 6) is -0.440. The Bertz CT molecular complexity index is 572. The first-order valence-corrected chi connectivity index (χ1v) is 7.73. The topological polar surface area (TPSA) is 41.6 Å². The highest BCUT2D eigenvalue weighted by Crippen LogP contribution is 2.39. The maximum atomic E-state index is 12.5. The number of benzene rings is 1. The monoisotopic (exact) mass is 364 g/mol. The summed E-state index contributed by atoms with van der Waals surface area (Å²) in [6.45, 7) is 3.39. The predicted octanol–water partition coefficient (Wildman–Crippen LogP) is 3.22. The van der Waals surface area contributed by atoms with E-state index in [4.69, 9.17) is 0 Å². The van der Waals surface area contributed by atoms with E-state index >= 15 is 0 Å². The smallest absolute Gasteiger partial charge is 0.406 e. The average molecular weight is 365 g/mol. The summed E-state index contributed by atoms with van der Waals surface area (Å²) in [5, 5.41) is 3.33. The molecule has 1 spiro atoms. The van der Waals surface area contributed by atoms with Gasteiger partial charge < -0.3 is 15.0 Å². The third kappa shape index (κ3) is 4.33. The van der Waals surface area contributed by atoms with Crippen molar-refractivity contribution in [2.24, 2.45) is 5.41 Å². The van der Waals surface area contributed by atoms with Crippen LogP contribution in [0.25, 0.3) is 0 Å². The van der Waals surface area contributed by atoms with E-state index in [2.05, 4.69) is 10.1 Å². The van der Waals surface area contributed by atoms with Gasteiger partial charge in [0.2, 0.25) is 0 Å². The van der Waals surface area contributed by atoms with Crippen LogP contribution >= 0.6 is 12.4 Å². The van der Waals surface area contributed by atoms with Gasteiger partial charge in [-0.15, -0.1) is 25.6 Å². The van der Waals surface area contributed by atoms with Crippen molar-refractivity contribution in [3.05, 3.63) is 29.8 Å². The number of nitrogens with one attached hydrogen (secondary N) is 1. The van der Waals surface area contributed by atoms with Crippen molar-refractivity contribution >= 4 is 18.3 Å². The standard InChI is InChI=1S/C16H19F3N2O2.ClH/c17-16(18,19)23-13-3-1-12(2-4-13)14(22)21-10-7-15(11-21)5-8-20-9-6-15;/h1-4,20H,5-11H2;1H. The summed E-state index contributed by atoms with van der Waals surface area (Å²) < 4.78 is 40.3. The van der Waals surface area contributed by atoms with Gasteiger partial charge in [0.15, 0.2) is 0 Å². The molecule has 0 saturated carbocycles. The molecule has 2 saturated heterocycles. The number of alkyl halides is 3. The molecular formula is C16H20ClF3N2O2. The van der Waals surface area contributed by atoms with Gasteiger partial charge >= 0.3 is 6.36 Å². The van der Waals surface area contributed by atoms with Crippen molar-refractivity contribution < 1.29 is 22.7 Å². The number of likely N-dealkylation sites (tertiary alicyclic amines) is 1. The fourth-order valence-corrected chi connectivity index (χ4v) is 3.46. The van der Waals surface area contributed by atoms with E-state index < -0.39 is 6.36 Å². The highest BCUT2D eigenvalue weighted by Gasteiger charge is 2.40. The van der Waals surface area contributed by atoms with Crippen molar-refractivity contribution in [2.75, 3.05) is 26.2 Å². The van der Waals surface area contributed by atoms with E-state index in [1.807, 2.05) is 4.90 Å². The third-order valence-electron chi connectivity index (χ3n) is 4.72. The van der Waals surface area contributed by atoms with Gasteiger partial charge in [-0.05, 0) is 62.0 Å². The van der Waals surface area contributed by atoms with Crippen LogP contribution in [0.1, 0.15) is 29.6 Å². The van der Waals surface area contributed by atoms with Gasteiger partial charge in [-0.25, -0.2) is 0 Å². The highest BCUT2D eigenvalue weighted by molar-refractivity contribution is 5.94. The van der Waals surface area contributed by atoms with Crippen molar-refractivity contribution in [1.82, 2.24) is 10.2 Å². The fourth-order valence-electron chi connectivity index (χ4n) is 3.46. The number of amides is 1. The van der Waals surface area contributed by atoms with Crippen LogP contribution in [0.5, 0.6) is 5.75 Å². The molecule has 1 N–H and O–H groups in total. The Labute approximate surface area is 144 Å². The van der Waals surface area contributed by atoms with Crippen molar-refractivity contribution in [3.63, 3.8) is 0 Å². The van der Waals surface area contributed by atoms with Crippen LogP contribution < -0.4 is 10.1 Å². The molecule has 1 aromatic rings. The van der Waals surface area contributed by atoms with Crippen molar-refractivity contribution in [3.8, 4) is 5.75 Å². The zero-order chi connectivity index (χ0) is 16.5. The van der Waals surface area contributed by atoms with Gasteiger partial charge in [-0.3, -0.25) is 4.79 Å². The van der Waals surface area contributed by atoms with Crippen LogP contribution in [-0.4, -0.2) is 43.3 Å². The third-order valence-corrected chi connectivity index (χ3v) is 4.72. The van der Waals surface area contributed by atoms with Gasteiger partial charge in [-0.2, -0.15) is 0 Å². The van der Waals surface area contributed by atoms with Crippen LogP contribution in [0.4, 0.5) is 13.2 Å². The maximum Gasteiger partial charge on any atom is 0.573 e. The number of nitrogens with zero attached hydrogens (tertiary/aromatic N) is 1. The molecule has 0 atom stereocenters. The molecule has 134 valence electrons. The SMILES string of the molecule is Cl.O=C(c1ccc(OC(F)(F)F)cc1)N1CCC2(CCNCC2)C1. The second-order valence-electron chi connectivity index (χ2n) is 6.30. The first-order valence-electron chi connectivity index (χ1n) is 7.73. The minimum absolute atomic E-state index is 0. The Morgan fingerprint density at radius 2 is 1.75 bits per heavy atom. The second kappa shape index (κ2) is 7.19. The number of ether oxygens (including phenoxy) is 1. The molecule has 2 heterocycles. The molecule has 24 heavy (non-hydrogen) atoms. The van der Waals surface area contributed by atoms with Gasteiger partial charge in [0, 0.05) is 18.7 Å². The lowest BCUT2D eigenvalue weighted by atomic mass is 9.78. The molecule has 2 aliphatic heterocycles. The Kier molecular flexibility index (Phi) is 5.65. The summed E-state index contributed by atoms with van der Waals surface area (Å²) >= 11 is 0. The number of hydrogen-bond donors (Lipinski definition) is 1. The summed E-state index contributed by atoms with van der Waals surface area (Å²) in [5.41, 5.74) is 0.603. The molecule has 0 bridgehead atoms. The quantitative estimate of drug-likeness (QED) is 0.876. The van der Waals surface area contributed by atoms with Crippen LogP contribution in [-0.2, 0) is 0 Å². The largest absolute Gasteiger partial charge is 0.573 e. The Morgan fingerprint density at radius 3 is 2.33 bits per heavy atom. The first-order chi connectivity index (χ1) is 10.9. The van der Waals surface area contributed by atoms with Gasteiger partial charge in [0.1, 0.15) is 5.75 Å².